The van der Waals surface area contributed by atoms with Gasteiger partial charge in [0.05, 0.1) is 5.71 Å². The molecule has 0 saturated heterocycles. The van der Waals surface area contributed by atoms with Crippen LogP contribution in [-0.2, 0) is 0 Å². The summed E-state index contributed by atoms with van der Waals surface area (Å²) in [4.78, 5) is 3.89. The molecule has 0 aromatic rings. The summed E-state index contributed by atoms with van der Waals surface area (Å²) in [6, 6.07) is 0. The van der Waals surface area contributed by atoms with Crippen LogP contribution >= 0.6 is 0 Å². The Hall–Kier alpha value is -0.660. The summed E-state index contributed by atoms with van der Waals surface area (Å²) in [6.07, 6.45) is 3.84. The van der Waals surface area contributed by atoms with Crippen LogP contribution in [0.2, 0.25) is 0 Å². The molecule has 9 heavy (non-hydrogen) atoms. The van der Waals surface area contributed by atoms with E-state index in [9.17, 15) is 4.39 Å². The third-order valence-electron chi connectivity index (χ3n) is 1.41. The summed E-state index contributed by atoms with van der Waals surface area (Å²) in [6.45, 7) is 1.92. The van der Waals surface area contributed by atoms with Crippen LogP contribution in [0.3, 0.4) is 0 Å². The molecule has 1 atom stereocenters. The van der Waals surface area contributed by atoms with Crippen LogP contribution in [-0.4, -0.2) is 11.9 Å². The topological polar surface area (TPSA) is 12.4 Å². The number of halogens is 1. The number of nitrogens with zero attached hydrogens (tertiary/aromatic N) is 1. The molecule has 0 spiro atoms. The minimum atomic E-state index is -0.819. The van der Waals surface area contributed by atoms with Crippen molar-refractivity contribution in [3.05, 3.63) is 12.3 Å². The lowest BCUT2D eigenvalue weighted by atomic mass is 10.1. The largest absolute Gasteiger partial charge is 0.263 e. The average Bonchev–Trinajstić information content (AvgIpc) is 1.89. The van der Waals surface area contributed by atoms with Gasteiger partial charge in [0.25, 0.3) is 0 Å². The first kappa shape index (κ1) is 6.46. The maximum Gasteiger partial charge on any atom is 0.142 e. The Labute approximate surface area is 54.3 Å². The lowest BCUT2D eigenvalue weighted by Crippen LogP contribution is -2.15. The molecule has 1 unspecified atom stereocenters. The van der Waals surface area contributed by atoms with Gasteiger partial charge in [-0.25, -0.2) is 4.39 Å². The van der Waals surface area contributed by atoms with Gasteiger partial charge in [0.15, 0.2) is 0 Å². The van der Waals surface area contributed by atoms with Crippen molar-refractivity contribution in [2.75, 3.05) is 0 Å². The second-order valence-electron chi connectivity index (χ2n) is 2.06. The van der Waals surface area contributed by atoms with E-state index in [2.05, 4.69) is 4.99 Å². The lowest BCUT2D eigenvalue weighted by molar-refractivity contribution is 0.420. The molecule has 0 aromatic carbocycles. The SMILES string of the molecule is CCC1=NC=CCC1F. The molecule has 0 N–H and O–H groups in total. The summed E-state index contributed by atoms with van der Waals surface area (Å²) >= 11 is 0. The molecule has 0 aliphatic carbocycles. The number of hydrogen-bond acceptors (Lipinski definition) is 1. The summed E-state index contributed by atoms with van der Waals surface area (Å²) in [5.41, 5.74) is 0.678. The molecule has 0 saturated carbocycles. The van der Waals surface area contributed by atoms with E-state index in [0.717, 1.165) is 6.42 Å². The molecule has 0 aromatic heterocycles. The average molecular weight is 127 g/mol. The van der Waals surface area contributed by atoms with Gasteiger partial charge in [0, 0.05) is 12.6 Å². The Morgan fingerprint density at radius 1 is 1.89 bits per heavy atom. The highest BCUT2D eigenvalue weighted by Crippen LogP contribution is 2.09. The molecular formula is C7H10FN. The van der Waals surface area contributed by atoms with E-state index in [0.29, 0.717) is 12.1 Å². The first-order valence-corrected chi connectivity index (χ1v) is 3.20. The van der Waals surface area contributed by atoms with Crippen molar-refractivity contribution in [2.45, 2.75) is 25.9 Å². The summed E-state index contributed by atoms with van der Waals surface area (Å²) in [5.74, 6) is 0. The molecule has 0 fully saturated rings. The van der Waals surface area contributed by atoms with Crippen LogP contribution in [0, 0.1) is 0 Å². The smallest absolute Gasteiger partial charge is 0.142 e. The van der Waals surface area contributed by atoms with Crippen LogP contribution in [0.15, 0.2) is 17.3 Å². The highest BCUT2D eigenvalue weighted by molar-refractivity contribution is 5.89. The normalized spacial score (nSPS) is 26.0. The van der Waals surface area contributed by atoms with Gasteiger partial charge in [0.1, 0.15) is 6.17 Å². The predicted molar refractivity (Wildman–Crippen MR) is 36.4 cm³/mol. The Morgan fingerprint density at radius 3 is 3.11 bits per heavy atom. The zero-order chi connectivity index (χ0) is 6.69. The first-order chi connectivity index (χ1) is 4.34. The molecule has 50 valence electrons. The van der Waals surface area contributed by atoms with Crippen molar-refractivity contribution in [3.8, 4) is 0 Å². The van der Waals surface area contributed by atoms with E-state index in [4.69, 9.17) is 0 Å². The van der Waals surface area contributed by atoms with Gasteiger partial charge in [-0.05, 0) is 6.42 Å². The first-order valence-electron chi connectivity index (χ1n) is 3.20. The van der Waals surface area contributed by atoms with Crippen molar-refractivity contribution >= 4 is 5.71 Å². The second-order valence-corrected chi connectivity index (χ2v) is 2.06. The minimum Gasteiger partial charge on any atom is -0.263 e. The highest BCUT2D eigenvalue weighted by atomic mass is 19.1. The van der Waals surface area contributed by atoms with E-state index in [-0.39, 0.29) is 0 Å². The Kier molecular flexibility index (Phi) is 1.98. The van der Waals surface area contributed by atoms with E-state index in [1.54, 1.807) is 12.3 Å². The van der Waals surface area contributed by atoms with Crippen molar-refractivity contribution in [1.29, 1.82) is 0 Å². The monoisotopic (exact) mass is 127 g/mol. The molecule has 2 heteroatoms. The summed E-state index contributed by atoms with van der Waals surface area (Å²) in [7, 11) is 0. The van der Waals surface area contributed by atoms with Crippen molar-refractivity contribution < 1.29 is 4.39 Å². The maximum absolute atomic E-state index is 12.7. The number of hydrogen-bond donors (Lipinski definition) is 0. The van der Waals surface area contributed by atoms with E-state index >= 15 is 0 Å². The third kappa shape index (κ3) is 1.37. The Bertz CT molecular complexity index is 149. The van der Waals surface area contributed by atoms with Crippen molar-refractivity contribution in [3.63, 3.8) is 0 Å². The molecule has 1 aliphatic heterocycles. The predicted octanol–water partition coefficient (Wildman–Crippen LogP) is 2.09. The van der Waals surface area contributed by atoms with E-state index in [1.165, 1.54) is 0 Å². The van der Waals surface area contributed by atoms with Gasteiger partial charge in [-0.2, -0.15) is 0 Å². The van der Waals surface area contributed by atoms with Crippen LogP contribution in [0.5, 0.6) is 0 Å². The van der Waals surface area contributed by atoms with Crippen molar-refractivity contribution in [1.82, 2.24) is 0 Å². The lowest BCUT2D eigenvalue weighted by Gasteiger charge is -2.09. The van der Waals surface area contributed by atoms with Gasteiger partial charge < -0.3 is 0 Å². The van der Waals surface area contributed by atoms with Gasteiger partial charge in [-0.3, -0.25) is 4.99 Å². The Morgan fingerprint density at radius 2 is 2.67 bits per heavy atom. The Balaban J connectivity index is 2.63. The van der Waals surface area contributed by atoms with Crippen LogP contribution in [0.25, 0.3) is 0 Å². The van der Waals surface area contributed by atoms with Crippen LogP contribution < -0.4 is 0 Å². The van der Waals surface area contributed by atoms with Crippen LogP contribution in [0.1, 0.15) is 19.8 Å². The molecule has 1 heterocycles. The molecule has 1 nitrogen and oxygen atoms in total. The molecule has 0 bridgehead atoms. The minimum absolute atomic E-state index is 0.507. The van der Waals surface area contributed by atoms with Gasteiger partial charge >= 0.3 is 0 Å². The fraction of sp³-hybridized carbons (Fsp3) is 0.571. The fourth-order valence-corrected chi connectivity index (χ4v) is 0.858. The molecule has 1 rings (SSSR count). The van der Waals surface area contributed by atoms with Crippen LogP contribution in [0.4, 0.5) is 4.39 Å². The highest BCUT2D eigenvalue weighted by Gasteiger charge is 2.12. The maximum atomic E-state index is 12.7. The molecule has 1 aliphatic rings. The number of rotatable bonds is 1. The number of allylic oxidation sites excluding steroid dienone is 1. The zero-order valence-electron chi connectivity index (χ0n) is 5.47. The third-order valence-corrected chi connectivity index (χ3v) is 1.41. The molecular weight excluding hydrogens is 117 g/mol. The van der Waals surface area contributed by atoms with E-state index in [1.807, 2.05) is 6.92 Å². The quantitative estimate of drug-likeness (QED) is 0.511. The fourth-order valence-electron chi connectivity index (χ4n) is 0.858. The second kappa shape index (κ2) is 2.76. The zero-order valence-corrected chi connectivity index (χ0v) is 5.47. The van der Waals surface area contributed by atoms with Crippen molar-refractivity contribution in [2.24, 2.45) is 4.99 Å². The van der Waals surface area contributed by atoms with Gasteiger partial charge in [-0.1, -0.05) is 13.0 Å². The molecule has 0 amide bonds. The summed E-state index contributed by atoms with van der Waals surface area (Å²) in [5, 5.41) is 0. The summed E-state index contributed by atoms with van der Waals surface area (Å²) < 4.78 is 12.7. The number of aliphatic imine (C=N–C) groups is 1. The molecule has 0 radical (unpaired) electrons. The standard InChI is InChI=1S/C7H10FN/c1-2-7-6(8)4-3-5-9-7/h3,5-6H,2,4H2,1H3. The van der Waals surface area contributed by atoms with E-state index < -0.39 is 6.17 Å². The van der Waals surface area contributed by atoms with Gasteiger partial charge in [0.2, 0.25) is 0 Å². The van der Waals surface area contributed by atoms with Gasteiger partial charge in [-0.15, -0.1) is 0 Å². The number of alkyl halides is 1.